The maximum Gasteiger partial charge on any atom is 0.410 e. The van der Waals surface area contributed by atoms with E-state index in [1.165, 1.54) is 19.3 Å². The van der Waals surface area contributed by atoms with Gasteiger partial charge in [0, 0.05) is 18.6 Å². The van der Waals surface area contributed by atoms with E-state index in [1.54, 1.807) is 0 Å². The van der Waals surface area contributed by atoms with Gasteiger partial charge in [0.15, 0.2) is 0 Å². The molecule has 1 unspecified atom stereocenters. The van der Waals surface area contributed by atoms with Crippen molar-refractivity contribution >= 4 is 6.09 Å². The number of hydrogen-bond donors (Lipinski definition) is 1. The van der Waals surface area contributed by atoms with E-state index in [2.05, 4.69) is 26.1 Å². The number of ether oxygens (including phenoxy) is 1. The van der Waals surface area contributed by atoms with E-state index in [-0.39, 0.29) is 6.09 Å². The normalized spacial score (nSPS) is 33.5. The Morgan fingerprint density at radius 2 is 1.88 bits per heavy atom. The standard InChI is InChI=1S/C21H38N2O2/c1-19(2,3)25-18(24)23(16-8-9-16)13-7-12-22-17-20(4,5)15-10-11-21(17,6)14-15/h15-17,22H,7-14H2,1-6H3/t15-,17?,21+/m0/s1. The number of nitrogens with one attached hydrogen (secondary N) is 1. The highest BCUT2D eigenvalue weighted by Crippen LogP contribution is 2.62. The number of nitrogens with zero attached hydrogens (tertiary/aromatic N) is 1. The summed E-state index contributed by atoms with van der Waals surface area (Å²) in [6.07, 6.45) is 7.26. The van der Waals surface area contributed by atoms with Gasteiger partial charge in [0.1, 0.15) is 5.60 Å². The molecule has 3 aliphatic carbocycles. The molecule has 25 heavy (non-hydrogen) atoms. The number of hydrogen-bond acceptors (Lipinski definition) is 3. The molecule has 3 aliphatic rings. The van der Waals surface area contributed by atoms with Crippen LogP contribution in [0, 0.1) is 16.7 Å². The second-order valence-electron chi connectivity index (χ2n) is 10.6. The molecule has 4 nitrogen and oxygen atoms in total. The zero-order valence-electron chi connectivity index (χ0n) is 17.2. The predicted octanol–water partition coefficient (Wildman–Crippen LogP) is 4.58. The first-order valence-corrected chi connectivity index (χ1v) is 10.3. The Morgan fingerprint density at radius 3 is 2.40 bits per heavy atom. The van der Waals surface area contributed by atoms with Crippen LogP contribution in [-0.4, -0.2) is 41.8 Å². The van der Waals surface area contributed by atoms with Crippen LogP contribution in [0.3, 0.4) is 0 Å². The number of amides is 1. The van der Waals surface area contributed by atoms with Crippen molar-refractivity contribution < 1.29 is 9.53 Å². The van der Waals surface area contributed by atoms with Crippen LogP contribution >= 0.6 is 0 Å². The van der Waals surface area contributed by atoms with Crippen LogP contribution < -0.4 is 5.32 Å². The monoisotopic (exact) mass is 350 g/mol. The molecule has 4 heteroatoms. The molecule has 0 saturated heterocycles. The van der Waals surface area contributed by atoms with Crippen LogP contribution in [-0.2, 0) is 4.74 Å². The van der Waals surface area contributed by atoms with Crippen molar-refractivity contribution in [2.75, 3.05) is 13.1 Å². The summed E-state index contributed by atoms with van der Waals surface area (Å²) < 4.78 is 5.59. The first-order chi connectivity index (χ1) is 11.5. The second kappa shape index (κ2) is 6.44. The molecule has 3 atom stereocenters. The predicted molar refractivity (Wildman–Crippen MR) is 102 cm³/mol. The SMILES string of the molecule is CC(C)(C)OC(=O)N(CCCNC1C(C)(C)[C@H]2CC[C@]1(C)C2)C1CC1. The summed E-state index contributed by atoms with van der Waals surface area (Å²) in [6.45, 7) is 15.0. The van der Waals surface area contributed by atoms with Crippen LogP contribution in [0.2, 0.25) is 0 Å². The molecule has 0 aromatic heterocycles. The van der Waals surface area contributed by atoms with E-state index >= 15 is 0 Å². The number of carbonyl (C=O) groups is 1. The molecule has 0 aliphatic heterocycles. The van der Waals surface area contributed by atoms with Crippen LogP contribution in [0.15, 0.2) is 0 Å². The minimum Gasteiger partial charge on any atom is -0.444 e. The molecule has 0 aromatic rings. The summed E-state index contributed by atoms with van der Waals surface area (Å²) in [5, 5.41) is 3.87. The molecule has 0 aromatic carbocycles. The van der Waals surface area contributed by atoms with Gasteiger partial charge in [-0.15, -0.1) is 0 Å². The molecule has 0 radical (unpaired) electrons. The van der Waals surface area contributed by atoms with Crippen LogP contribution in [0.5, 0.6) is 0 Å². The highest BCUT2D eigenvalue weighted by molar-refractivity contribution is 5.69. The topological polar surface area (TPSA) is 41.6 Å². The highest BCUT2D eigenvalue weighted by Gasteiger charge is 2.58. The van der Waals surface area contributed by atoms with Crippen molar-refractivity contribution in [3.8, 4) is 0 Å². The summed E-state index contributed by atoms with van der Waals surface area (Å²) in [7, 11) is 0. The summed E-state index contributed by atoms with van der Waals surface area (Å²) in [4.78, 5) is 14.4. The average Bonchev–Trinajstić information content (AvgIpc) is 3.17. The lowest BCUT2D eigenvalue weighted by Crippen LogP contribution is -2.51. The Balaban J connectivity index is 1.48. The van der Waals surface area contributed by atoms with Crippen molar-refractivity contribution in [2.45, 2.75) is 97.8 Å². The van der Waals surface area contributed by atoms with E-state index in [1.807, 2.05) is 25.7 Å². The first-order valence-electron chi connectivity index (χ1n) is 10.3. The van der Waals surface area contributed by atoms with Crippen molar-refractivity contribution in [2.24, 2.45) is 16.7 Å². The Bertz CT molecular complexity index is 502. The third kappa shape index (κ3) is 3.99. The molecule has 1 amide bonds. The maximum atomic E-state index is 12.4. The Hall–Kier alpha value is -0.770. The minimum absolute atomic E-state index is 0.137. The number of fused-ring (bicyclic) bond motifs is 2. The summed E-state index contributed by atoms with van der Waals surface area (Å²) in [5.74, 6) is 0.875. The first kappa shape index (κ1) is 19.0. The van der Waals surface area contributed by atoms with Crippen molar-refractivity contribution in [1.29, 1.82) is 0 Å². The van der Waals surface area contributed by atoms with Crippen molar-refractivity contribution in [1.82, 2.24) is 10.2 Å². The summed E-state index contributed by atoms with van der Waals surface area (Å²) in [5.41, 5.74) is 0.452. The maximum absolute atomic E-state index is 12.4. The lowest BCUT2D eigenvalue weighted by Gasteiger charge is -2.43. The third-order valence-corrected chi connectivity index (χ3v) is 6.81. The molecule has 3 fully saturated rings. The zero-order chi connectivity index (χ0) is 18.5. The quantitative estimate of drug-likeness (QED) is 0.713. The van der Waals surface area contributed by atoms with Gasteiger partial charge in [0.2, 0.25) is 0 Å². The lowest BCUT2D eigenvalue weighted by molar-refractivity contribution is 0.0229. The molecule has 0 spiro atoms. The average molecular weight is 351 g/mol. The van der Waals surface area contributed by atoms with Crippen molar-refractivity contribution in [3.05, 3.63) is 0 Å². The fourth-order valence-corrected chi connectivity index (χ4v) is 5.44. The van der Waals surface area contributed by atoms with E-state index in [0.717, 1.165) is 38.3 Å². The van der Waals surface area contributed by atoms with Crippen LogP contribution in [0.25, 0.3) is 0 Å². The van der Waals surface area contributed by atoms with Gasteiger partial charge in [0.25, 0.3) is 0 Å². The molecular weight excluding hydrogens is 312 g/mol. The van der Waals surface area contributed by atoms with Gasteiger partial charge in [-0.1, -0.05) is 20.8 Å². The molecule has 3 rings (SSSR count). The van der Waals surface area contributed by atoms with E-state index in [9.17, 15) is 4.79 Å². The van der Waals surface area contributed by atoms with E-state index in [4.69, 9.17) is 4.74 Å². The highest BCUT2D eigenvalue weighted by atomic mass is 16.6. The smallest absolute Gasteiger partial charge is 0.410 e. The van der Waals surface area contributed by atoms with E-state index in [0.29, 0.717) is 22.9 Å². The largest absolute Gasteiger partial charge is 0.444 e. The molecule has 2 bridgehead atoms. The number of carbonyl (C=O) groups excluding carboxylic acids is 1. The Morgan fingerprint density at radius 1 is 1.20 bits per heavy atom. The zero-order valence-corrected chi connectivity index (χ0v) is 17.2. The minimum atomic E-state index is -0.413. The van der Waals surface area contributed by atoms with Crippen LogP contribution in [0.4, 0.5) is 4.79 Å². The molecule has 0 heterocycles. The van der Waals surface area contributed by atoms with Gasteiger partial charge in [-0.05, 0) is 82.6 Å². The summed E-state index contributed by atoms with van der Waals surface area (Å²) in [6, 6.07) is 1.01. The molecule has 1 N–H and O–H groups in total. The van der Waals surface area contributed by atoms with Gasteiger partial charge in [-0.3, -0.25) is 0 Å². The van der Waals surface area contributed by atoms with Gasteiger partial charge in [0.05, 0.1) is 0 Å². The Kier molecular flexibility index (Phi) is 4.89. The van der Waals surface area contributed by atoms with Gasteiger partial charge >= 0.3 is 6.09 Å². The fourth-order valence-electron chi connectivity index (χ4n) is 5.44. The van der Waals surface area contributed by atoms with Crippen LogP contribution in [0.1, 0.15) is 80.1 Å². The lowest BCUT2D eigenvalue weighted by atomic mass is 9.68. The third-order valence-electron chi connectivity index (χ3n) is 6.81. The molecule has 3 saturated carbocycles. The Labute approximate surface area is 154 Å². The van der Waals surface area contributed by atoms with Gasteiger partial charge in [-0.25, -0.2) is 4.79 Å². The van der Waals surface area contributed by atoms with Gasteiger partial charge in [-0.2, -0.15) is 0 Å². The molecule has 144 valence electrons. The second-order valence-corrected chi connectivity index (χ2v) is 10.6. The van der Waals surface area contributed by atoms with Gasteiger partial charge < -0.3 is 15.0 Å². The summed E-state index contributed by atoms with van der Waals surface area (Å²) >= 11 is 0. The van der Waals surface area contributed by atoms with Crippen molar-refractivity contribution in [3.63, 3.8) is 0 Å². The van der Waals surface area contributed by atoms with E-state index < -0.39 is 5.60 Å². The number of rotatable bonds is 6. The molecular formula is C21H38N2O2. The fraction of sp³-hybridized carbons (Fsp3) is 0.952.